The number of rotatable bonds is 7. The minimum absolute atomic E-state index is 0.0320. The number of ether oxygens (including phenoxy) is 1. The van der Waals surface area contributed by atoms with Gasteiger partial charge in [-0.3, -0.25) is 18.6 Å². The molecule has 2 aromatic heterocycles. The van der Waals surface area contributed by atoms with Crippen molar-refractivity contribution in [1.29, 1.82) is 0 Å². The zero-order valence-corrected chi connectivity index (χ0v) is 16.3. The number of fused-ring (bicyclic) bond motifs is 1. The van der Waals surface area contributed by atoms with Gasteiger partial charge in [-0.1, -0.05) is 13.0 Å². The van der Waals surface area contributed by atoms with Gasteiger partial charge in [0.25, 0.3) is 11.5 Å². The fraction of sp³-hybridized carbons (Fsp3) is 0.286. The van der Waals surface area contributed by atoms with Crippen LogP contribution in [-0.2, 0) is 6.54 Å². The summed E-state index contributed by atoms with van der Waals surface area (Å²) in [7, 11) is 1.60. The van der Waals surface area contributed by atoms with Crippen LogP contribution in [0.25, 0.3) is 16.9 Å². The summed E-state index contributed by atoms with van der Waals surface area (Å²) in [5, 5.41) is 2.87. The molecule has 7 heteroatoms. The molecule has 3 aromatic rings. The lowest BCUT2D eigenvalue weighted by atomic mass is 10.1. The number of methoxy groups -OCH3 is 1. The molecule has 146 valence electrons. The van der Waals surface area contributed by atoms with E-state index in [-0.39, 0.29) is 28.8 Å². The van der Waals surface area contributed by atoms with Crippen molar-refractivity contribution in [3.63, 3.8) is 0 Å². The first kappa shape index (κ1) is 19.4. The van der Waals surface area contributed by atoms with E-state index in [2.05, 4.69) is 16.9 Å². The van der Waals surface area contributed by atoms with Crippen molar-refractivity contribution in [2.75, 3.05) is 7.11 Å². The third-order valence-electron chi connectivity index (χ3n) is 4.64. The van der Waals surface area contributed by atoms with Crippen molar-refractivity contribution in [3.05, 3.63) is 65.4 Å². The first-order valence-corrected chi connectivity index (χ1v) is 9.17. The van der Waals surface area contributed by atoms with Crippen molar-refractivity contribution in [2.45, 2.75) is 32.9 Å². The van der Waals surface area contributed by atoms with Crippen molar-refractivity contribution >= 4 is 11.6 Å². The number of benzene rings is 1. The topological polar surface area (TPSA) is 77.6 Å². The smallest absolute Gasteiger partial charge is 0.295 e. The SMILES string of the molecule is C=CCn1c(-c2ccc(OC)cc2)cn2cc(C(=O)N[C@@H](C)CC)nc2c1=O. The third kappa shape index (κ3) is 3.69. The van der Waals surface area contributed by atoms with Crippen LogP contribution >= 0.6 is 0 Å². The fourth-order valence-electron chi connectivity index (χ4n) is 2.89. The standard InChI is InChI=1S/C21H24N4O3/c1-5-11-25-18(15-7-9-16(28-4)10-8-15)13-24-12-17(23-19(24)21(25)27)20(26)22-14(3)6-2/h5,7-10,12-14H,1,6,11H2,2-4H3,(H,22,26)/t14-/m0/s1. The summed E-state index contributed by atoms with van der Waals surface area (Å²) < 4.78 is 8.40. The molecule has 1 atom stereocenters. The highest BCUT2D eigenvalue weighted by molar-refractivity contribution is 5.93. The molecule has 1 N–H and O–H groups in total. The summed E-state index contributed by atoms with van der Waals surface area (Å²) in [6.07, 6.45) is 5.85. The molecule has 0 radical (unpaired) electrons. The highest BCUT2D eigenvalue weighted by Gasteiger charge is 2.17. The minimum atomic E-state index is -0.293. The van der Waals surface area contributed by atoms with Crippen molar-refractivity contribution in [1.82, 2.24) is 19.3 Å². The molecular formula is C21H24N4O3. The van der Waals surface area contributed by atoms with Crippen LogP contribution in [0.2, 0.25) is 0 Å². The van der Waals surface area contributed by atoms with Crippen LogP contribution in [0.4, 0.5) is 0 Å². The van der Waals surface area contributed by atoms with Gasteiger partial charge in [0.1, 0.15) is 11.4 Å². The van der Waals surface area contributed by atoms with E-state index in [4.69, 9.17) is 4.74 Å². The van der Waals surface area contributed by atoms with Gasteiger partial charge in [-0.15, -0.1) is 6.58 Å². The quantitative estimate of drug-likeness (QED) is 0.640. The van der Waals surface area contributed by atoms with E-state index in [1.165, 1.54) is 0 Å². The second kappa shape index (κ2) is 8.12. The van der Waals surface area contributed by atoms with Gasteiger partial charge in [-0.05, 0) is 37.6 Å². The van der Waals surface area contributed by atoms with Crippen LogP contribution in [0.3, 0.4) is 0 Å². The van der Waals surface area contributed by atoms with Crippen molar-refractivity contribution < 1.29 is 9.53 Å². The average Bonchev–Trinajstić information content (AvgIpc) is 3.15. The predicted octanol–water partition coefficient (Wildman–Crippen LogP) is 2.89. The molecule has 0 aliphatic heterocycles. The first-order valence-electron chi connectivity index (χ1n) is 9.17. The van der Waals surface area contributed by atoms with Crippen LogP contribution in [0.1, 0.15) is 30.8 Å². The number of carbonyl (C=O) groups excluding carboxylic acids is 1. The molecule has 7 nitrogen and oxygen atoms in total. The van der Waals surface area contributed by atoms with E-state index >= 15 is 0 Å². The maximum absolute atomic E-state index is 13.0. The number of hydrogen-bond acceptors (Lipinski definition) is 4. The molecule has 0 saturated heterocycles. The van der Waals surface area contributed by atoms with Gasteiger partial charge in [0.05, 0.1) is 12.8 Å². The van der Waals surface area contributed by atoms with E-state index in [0.29, 0.717) is 12.2 Å². The molecule has 0 unspecified atom stereocenters. The minimum Gasteiger partial charge on any atom is -0.497 e. The summed E-state index contributed by atoms with van der Waals surface area (Å²) in [5.41, 5.74) is 1.69. The number of allylic oxidation sites excluding steroid dienone is 1. The maximum Gasteiger partial charge on any atom is 0.295 e. The van der Waals surface area contributed by atoms with Crippen LogP contribution in [0, 0.1) is 0 Å². The Kier molecular flexibility index (Phi) is 5.63. The number of imidazole rings is 1. The summed E-state index contributed by atoms with van der Waals surface area (Å²) in [4.78, 5) is 29.7. The van der Waals surface area contributed by atoms with Gasteiger partial charge in [0.15, 0.2) is 0 Å². The Morgan fingerprint density at radius 1 is 1.32 bits per heavy atom. The number of aromatic nitrogens is 3. The third-order valence-corrected chi connectivity index (χ3v) is 4.64. The predicted molar refractivity (Wildman–Crippen MR) is 109 cm³/mol. The molecule has 28 heavy (non-hydrogen) atoms. The highest BCUT2D eigenvalue weighted by atomic mass is 16.5. The number of nitrogens with zero attached hydrogens (tertiary/aromatic N) is 3. The summed E-state index contributed by atoms with van der Waals surface area (Å²) in [6, 6.07) is 7.46. The molecular weight excluding hydrogens is 356 g/mol. The van der Waals surface area contributed by atoms with Crippen LogP contribution in [0.15, 0.2) is 54.1 Å². The van der Waals surface area contributed by atoms with Gasteiger partial charge < -0.3 is 10.1 Å². The molecule has 3 rings (SSSR count). The van der Waals surface area contributed by atoms with Gasteiger partial charge in [0.2, 0.25) is 5.65 Å². The summed E-state index contributed by atoms with van der Waals surface area (Å²) in [6.45, 7) is 7.99. The van der Waals surface area contributed by atoms with Crippen LogP contribution < -0.4 is 15.6 Å². The number of hydrogen-bond donors (Lipinski definition) is 1. The Morgan fingerprint density at radius 2 is 2.04 bits per heavy atom. The lowest BCUT2D eigenvalue weighted by molar-refractivity contribution is 0.0935. The molecule has 0 bridgehead atoms. The molecule has 0 aliphatic rings. The molecule has 0 saturated carbocycles. The maximum atomic E-state index is 13.0. The average molecular weight is 380 g/mol. The number of amides is 1. The monoisotopic (exact) mass is 380 g/mol. The fourth-order valence-corrected chi connectivity index (χ4v) is 2.89. The Morgan fingerprint density at radius 3 is 2.64 bits per heavy atom. The van der Waals surface area contributed by atoms with Gasteiger partial charge in [-0.2, -0.15) is 0 Å². The Balaban J connectivity index is 2.13. The summed E-state index contributed by atoms with van der Waals surface area (Å²) >= 11 is 0. The van der Waals surface area contributed by atoms with E-state index in [1.807, 2.05) is 38.1 Å². The zero-order chi connectivity index (χ0) is 20.3. The van der Waals surface area contributed by atoms with Gasteiger partial charge in [-0.25, -0.2) is 4.98 Å². The second-order valence-electron chi connectivity index (χ2n) is 6.59. The van der Waals surface area contributed by atoms with E-state index in [9.17, 15) is 9.59 Å². The van der Waals surface area contributed by atoms with Crippen molar-refractivity contribution in [2.24, 2.45) is 0 Å². The summed E-state index contributed by atoms with van der Waals surface area (Å²) in [5.74, 6) is 0.438. The molecule has 2 heterocycles. The number of nitrogens with one attached hydrogen (secondary N) is 1. The lowest BCUT2D eigenvalue weighted by Gasteiger charge is -2.12. The molecule has 1 amide bonds. The number of carbonyl (C=O) groups is 1. The van der Waals surface area contributed by atoms with Gasteiger partial charge >= 0.3 is 0 Å². The normalized spacial score (nSPS) is 12.0. The molecule has 0 spiro atoms. The van der Waals surface area contributed by atoms with Crippen molar-refractivity contribution in [3.8, 4) is 17.0 Å². The van der Waals surface area contributed by atoms with E-state index in [0.717, 1.165) is 17.7 Å². The molecule has 1 aromatic carbocycles. The second-order valence-corrected chi connectivity index (χ2v) is 6.59. The zero-order valence-electron chi connectivity index (χ0n) is 16.3. The Hall–Kier alpha value is -3.35. The lowest BCUT2D eigenvalue weighted by Crippen LogP contribution is -2.32. The van der Waals surface area contributed by atoms with Gasteiger partial charge in [0, 0.05) is 30.5 Å². The Labute approximate surface area is 163 Å². The highest BCUT2D eigenvalue weighted by Crippen LogP contribution is 2.22. The first-order chi connectivity index (χ1) is 13.5. The largest absolute Gasteiger partial charge is 0.497 e. The van der Waals surface area contributed by atoms with E-state index < -0.39 is 0 Å². The Bertz CT molecular complexity index is 1060. The molecule has 0 aliphatic carbocycles. The van der Waals surface area contributed by atoms with E-state index in [1.54, 1.807) is 34.5 Å². The van der Waals surface area contributed by atoms with Crippen LogP contribution in [0.5, 0.6) is 5.75 Å². The van der Waals surface area contributed by atoms with Crippen LogP contribution in [-0.4, -0.2) is 33.0 Å². The molecule has 0 fully saturated rings.